The minimum atomic E-state index is 0.207. The number of aliphatic hydroxyl groups is 1. The fourth-order valence-electron chi connectivity index (χ4n) is 1.27. The summed E-state index contributed by atoms with van der Waals surface area (Å²) in [6.07, 6.45) is 1.60. The number of benzene rings is 1. The Morgan fingerprint density at radius 3 is 2.50 bits per heavy atom. The molecule has 88 valence electrons. The zero-order valence-electron chi connectivity index (χ0n) is 9.61. The smallest absolute Gasteiger partial charge is 0.119 e. The molecule has 0 fully saturated rings. The predicted octanol–water partition coefficient (Wildman–Crippen LogP) is 2.46. The monoisotopic (exact) mass is 222 g/mol. The SMILES string of the molecule is C=C(OCCCCO)c1ccc(OC)cc1. The Balaban J connectivity index is 2.40. The molecule has 1 N–H and O–H groups in total. The summed E-state index contributed by atoms with van der Waals surface area (Å²) in [5.74, 6) is 1.47. The molecule has 0 radical (unpaired) electrons. The van der Waals surface area contributed by atoms with E-state index in [1.807, 2.05) is 24.3 Å². The van der Waals surface area contributed by atoms with E-state index in [-0.39, 0.29) is 6.61 Å². The highest BCUT2D eigenvalue weighted by atomic mass is 16.5. The van der Waals surface area contributed by atoms with Crippen LogP contribution in [0.2, 0.25) is 0 Å². The van der Waals surface area contributed by atoms with Gasteiger partial charge >= 0.3 is 0 Å². The van der Waals surface area contributed by atoms with Gasteiger partial charge in [0.25, 0.3) is 0 Å². The molecule has 0 aliphatic carbocycles. The molecule has 16 heavy (non-hydrogen) atoms. The van der Waals surface area contributed by atoms with Gasteiger partial charge in [0, 0.05) is 12.2 Å². The van der Waals surface area contributed by atoms with Gasteiger partial charge in [-0.05, 0) is 37.1 Å². The number of rotatable bonds is 7. The number of hydrogen-bond acceptors (Lipinski definition) is 3. The summed E-state index contributed by atoms with van der Waals surface area (Å²) in [7, 11) is 1.63. The molecule has 3 heteroatoms. The second-order valence-corrected chi connectivity index (χ2v) is 3.43. The first-order valence-electron chi connectivity index (χ1n) is 5.35. The van der Waals surface area contributed by atoms with Gasteiger partial charge in [-0.3, -0.25) is 0 Å². The summed E-state index contributed by atoms with van der Waals surface area (Å²) >= 11 is 0. The van der Waals surface area contributed by atoms with Crippen LogP contribution >= 0.6 is 0 Å². The lowest BCUT2D eigenvalue weighted by Gasteiger charge is -2.09. The number of hydrogen-bond donors (Lipinski definition) is 1. The average Bonchev–Trinajstić information content (AvgIpc) is 2.34. The van der Waals surface area contributed by atoms with Crippen molar-refractivity contribution in [1.82, 2.24) is 0 Å². The van der Waals surface area contributed by atoms with E-state index in [0.717, 1.165) is 24.2 Å². The third kappa shape index (κ3) is 3.95. The van der Waals surface area contributed by atoms with Crippen LogP contribution in [0.4, 0.5) is 0 Å². The highest BCUT2D eigenvalue weighted by Gasteiger charge is 2.00. The maximum atomic E-state index is 8.61. The predicted molar refractivity (Wildman–Crippen MR) is 64.3 cm³/mol. The van der Waals surface area contributed by atoms with Gasteiger partial charge in [-0.1, -0.05) is 6.58 Å². The van der Waals surface area contributed by atoms with Crippen LogP contribution in [0.25, 0.3) is 5.76 Å². The molecular weight excluding hydrogens is 204 g/mol. The topological polar surface area (TPSA) is 38.7 Å². The van der Waals surface area contributed by atoms with Gasteiger partial charge in [0.15, 0.2) is 0 Å². The van der Waals surface area contributed by atoms with E-state index in [1.165, 1.54) is 0 Å². The molecular formula is C13H18O3. The minimum absolute atomic E-state index is 0.207. The van der Waals surface area contributed by atoms with E-state index in [9.17, 15) is 0 Å². The Morgan fingerprint density at radius 2 is 1.94 bits per heavy atom. The van der Waals surface area contributed by atoms with Crippen molar-refractivity contribution in [2.75, 3.05) is 20.3 Å². The Kier molecular flexibility index (Phi) is 5.43. The van der Waals surface area contributed by atoms with Crippen molar-refractivity contribution in [3.05, 3.63) is 36.4 Å². The normalized spacial score (nSPS) is 9.88. The lowest BCUT2D eigenvalue weighted by molar-refractivity contribution is 0.235. The molecule has 0 spiro atoms. The molecule has 1 aromatic carbocycles. The van der Waals surface area contributed by atoms with Crippen molar-refractivity contribution in [3.8, 4) is 5.75 Å². The number of unbranched alkanes of at least 4 members (excludes halogenated alkanes) is 1. The van der Waals surface area contributed by atoms with Crippen molar-refractivity contribution >= 4 is 5.76 Å². The van der Waals surface area contributed by atoms with E-state index in [4.69, 9.17) is 14.6 Å². The molecule has 0 bridgehead atoms. The van der Waals surface area contributed by atoms with Crippen molar-refractivity contribution in [3.63, 3.8) is 0 Å². The average molecular weight is 222 g/mol. The molecule has 0 heterocycles. The van der Waals surface area contributed by atoms with Gasteiger partial charge in [0.05, 0.1) is 13.7 Å². The highest BCUT2D eigenvalue weighted by Crippen LogP contribution is 2.18. The van der Waals surface area contributed by atoms with Crippen molar-refractivity contribution in [2.24, 2.45) is 0 Å². The van der Waals surface area contributed by atoms with Crippen LogP contribution in [0.1, 0.15) is 18.4 Å². The van der Waals surface area contributed by atoms with Gasteiger partial charge in [-0.25, -0.2) is 0 Å². The number of ether oxygens (including phenoxy) is 2. The van der Waals surface area contributed by atoms with Crippen LogP contribution in [0.15, 0.2) is 30.8 Å². The molecule has 1 rings (SSSR count). The van der Waals surface area contributed by atoms with Crippen LogP contribution < -0.4 is 4.74 Å². The van der Waals surface area contributed by atoms with Crippen LogP contribution in [0.3, 0.4) is 0 Å². The summed E-state index contributed by atoms with van der Waals surface area (Å²) in [4.78, 5) is 0. The van der Waals surface area contributed by atoms with Crippen LogP contribution in [-0.4, -0.2) is 25.4 Å². The first kappa shape index (κ1) is 12.6. The minimum Gasteiger partial charge on any atom is -0.497 e. The van der Waals surface area contributed by atoms with Crippen molar-refractivity contribution in [2.45, 2.75) is 12.8 Å². The summed E-state index contributed by atoms with van der Waals surface area (Å²) < 4.78 is 10.5. The van der Waals surface area contributed by atoms with Crippen molar-refractivity contribution in [1.29, 1.82) is 0 Å². The van der Waals surface area contributed by atoms with E-state index in [1.54, 1.807) is 7.11 Å². The van der Waals surface area contributed by atoms with Gasteiger partial charge in [-0.15, -0.1) is 0 Å². The molecule has 0 amide bonds. The third-order valence-electron chi connectivity index (χ3n) is 2.24. The Bertz CT molecular complexity index is 316. The molecule has 0 aliphatic rings. The zero-order valence-corrected chi connectivity index (χ0v) is 9.61. The lowest BCUT2D eigenvalue weighted by Crippen LogP contribution is -1.95. The quantitative estimate of drug-likeness (QED) is 0.569. The standard InChI is InChI=1S/C13H18O3/c1-11(16-10-4-3-9-14)12-5-7-13(15-2)8-6-12/h5-8,14H,1,3-4,9-10H2,2H3. The summed E-state index contributed by atoms with van der Waals surface area (Å²) in [5, 5.41) is 8.61. The summed E-state index contributed by atoms with van der Waals surface area (Å²) in [6.45, 7) is 4.65. The van der Waals surface area contributed by atoms with Gasteiger partial charge in [-0.2, -0.15) is 0 Å². The Morgan fingerprint density at radius 1 is 1.25 bits per heavy atom. The fraction of sp³-hybridized carbons (Fsp3) is 0.385. The molecule has 0 unspecified atom stereocenters. The third-order valence-corrected chi connectivity index (χ3v) is 2.24. The molecule has 3 nitrogen and oxygen atoms in total. The molecule has 0 aromatic heterocycles. The molecule has 0 atom stereocenters. The Hall–Kier alpha value is -1.48. The van der Waals surface area contributed by atoms with Crippen LogP contribution in [0.5, 0.6) is 5.75 Å². The van der Waals surface area contributed by atoms with Gasteiger partial charge in [0.1, 0.15) is 11.5 Å². The first-order valence-corrected chi connectivity index (χ1v) is 5.35. The number of aliphatic hydroxyl groups excluding tert-OH is 1. The van der Waals surface area contributed by atoms with Crippen LogP contribution in [-0.2, 0) is 4.74 Å². The molecule has 0 saturated carbocycles. The summed E-state index contributed by atoms with van der Waals surface area (Å²) in [6, 6.07) is 7.57. The first-order chi connectivity index (χ1) is 7.77. The summed E-state index contributed by atoms with van der Waals surface area (Å²) in [5.41, 5.74) is 0.949. The van der Waals surface area contributed by atoms with E-state index in [2.05, 4.69) is 6.58 Å². The van der Waals surface area contributed by atoms with Gasteiger partial charge < -0.3 is 14.6 Å². The van der Waals surface area contributed by atoms with E-state index in [0.29, 0.717) is 12.4 Å². The molecule has 1 aromatic rings. The number of methoxy groups -OCH3 is 1. The molecule has 0 saturated heterocycles. The second kappa shape index (κ2) is 6.90. The lowest BCUT2D eigenvalue weighted by atomic mass is 10.2. The second-order valence-electron chi connectivity index (χ2n) is 3.43. The Labute approximate surface area is 96.3 Å². The largest absolute Gasteiger partial charge is 0.497 e. The highest BCUT2D eigenvalue weighted by molar-refractivity contribution is 5.58. The maximum Gasteiger partial charge on any atom is 0.119 e. The van der Waals surface area contributed by atoms with Crippen molar-refractivity contribution < 1.29 is 14.6 Å². The van der Waals surface area contributed by atoms with Gasteiger partial charge in [0.2, 0.25) is 0 Å². The molecule has 0 aliphatic heterocycles. The zero-order chi connectivity index (χ0) is 11.8. The maximum absolute atomic E-state index is 8.61. The van der Waals surface area contributed by atoms with Crippen LogP contribution in [0, 0.1) is 0 Å². The van der Waals surface area contributed by atoms with E-state index >= 15 is 0 Å². The fourth-order valence-corrected chi connectivity index (χ4v) is 1.27. The van der Waals surface area contributed by atoms with E-state index < -0.39 is 0 Å².